The lowest BCUT2D eigenvalue weighted by molar-refractivity contribution is 0.0414. The van der Waals surface area contributed by atoms with E-state index in [2.05, 4.69) is 71.3 Å². The predicted molar refractivity (Wildman–Crippen MR) is 113 cm³/mol. The van der Waals surface area contributed by atoms with Crippen molar-refractivity contribution >= 4 is 5.69 Å². The highest BCUT2D eigenvalue weighted by Crippen LogP contribution is 2.43. The van der Waals surface area contributed by atoms with Gasteiger partial charge in [-0.2, -0.15) is 0 Å². The topological polar surface area (TPSA) is 15.7 Å². The van der Waals surface area contributed by atoms with Crippen LogP contribution < -0.4 is 9.64 Å². The number of nitrogens with zero attached hydrogens (tertiary/aromatic N) is 2. The summed E-state index contributed by atoms with van der Waals surface area (Å²) in [6.07, 6.45) is 6.58. The zero-order valence-corrected chi connectivity index (χ0v) is 16.6. The van der Waals surface area contributed by atoms with E-state index >= 15 is 0 Å². The van der Waals surface area contributed by atoms with E-state index < -0.39 is 0 Å². The summed E-state index contributed by atoms with van der Waals surface area (Å²) in [6, 6.07) is 19.8. The maximum atomic E-state index is 5.82. The molecule has 0 radical (unpaired) electrons. The van der Waals surface area contributed by atoms with E-state index in [0.717, 1.165) is 38.5 Å². The molecular formula is C24H32N2O. The van der Waals surface area contributed by atoms with Crippen molar-refractivity contribution < 1.29 is 4.74 Å². The summed E-state index contributed by atoms with van der Waals surface area (Å²) in [4.78, 5) is 5.31. The van der Waals surface area contributed by atoms with Crippen LogP contribution in [0.2, 0.25) is 0 Å². The first-order valence-electron chi connectivity index (χ1n) is 10.6. The molecule has 1 saturated heterocycles. The average molecular weight is 365 g/mol. The molecule has 2 aromatic rings. The highest BCUT2D eigenvalue weighted by atomic mass is 16.5. The van der Waals surface area contributed by atoms with Crippen molar-refractivity contribution in [2.45, 2.75) is 44.6 Å². The second-order valence-electron chi connectivity index (χ2n) is 7.86. The van der Waals surface area contributed by atoms with Gasteiger partial charge in [-0.3, -0.25) is 4.90 Å². The average Bonchev–Trinajstić information content (AvgIpc) is 2.75. The molecular weight excluding hydrogens is 332 g/mol. The van der Waals surface area contributed by atoms with Gasteiger partial charge in [-0.25, -0.2) is 0 Å². The largest absolute Gasteiger partial charge is 0.494 e. The molecule has 1 aliphatic heterocycles. The molecule has 0 spiro atoms. The van der Waals surface area contributed by atoms with Gasteiger partial charge in [0, 0.05) is 37.4 Å². The van der Waals surface area contributed by atoms with Crippen LogP contribution in [0, 0.1) is 0 Å². The first-order valence-corrected chi connectivity index (χ1v) is 10.6. The van der Waals surface area contributed by atoms with Crippen LogP contribution >= 0.6 is 0 Å². The molecule has 2 fully saturated rings. The van der Waals surface area contributed by atoms with E-state index in [1.807, 2.05) is 0 Å². The van der Waals surface area contributed by atoms with Crippen molar-refractivity contribution in [1.82, 2.24) is 4.90 Å². The van der Waals surface area contributed by atoms with Crippen LogP contribution in [0.3, 0.4) is 0 Å². The van der Waals surface area contributed by atoms with E-state index in [4.69, 9.17) is 4.74 Å². The molecule has 0 atom stereocenters. The van der Waals surface area contributed by atoms with Gasteiger partial charge < -0.3 is 9.64 Å². The molecule has 1 aliphatic carbocycles. The van der Waals surface area contributed by atoms with Gasteiger partial charge in [0.05, 0.1) is 6.61 Å². The Morgan fingerprint density at radius 1 is 0.852 bits per heavy atom. The molecule has 3 nitrogen and oxygen atoms in total. The Balaban J connectivity index is 1.55. The minimum Gasteiger partial charge on any atom is -0.494 e. The molecule has 0 unspecified atom stereocenters. The number of benzene rings is 2. The third kappa shape index (κ3) is 3.84. The Hall–Kier alpha value is -2.00. The number of ether oxygens (including phenoxy) is 1. The molecule has 4 rings (SSSR count). The molecule has 0 bridgehead atoms. The highest BCUT2D eigenvalue weighted by molar-refractivity contribution is 5.46. The van der Waals surface area contributed by atoms with Crippen molar-refractivity contribution in [1.29, 1.82) is 0 Å². The second kappa shape index (κ2) is 8.35. The van der Waals surface area contributed by atoms with Gasteiger partial charge in [-0.1, -0.05) is 49.6 Å². The van der Waals surface area contributed by atoms with Gasteiger partial charge in [-0.05, 0) is 49.6 Å². The number of hydrogen-bond donors (Lipinski definition) is 0. The van der Waals surface area contributed by atoms with Crippen LogP contribution in [0.4, 0.5) is 5.69 Å². The number of para-hydroxylation sites is 1. The smallest absolute Gasteiger partial charge is 0.119 e. The first-order chi connectivity index (χ1) is 13.3. The third-order valence-electron chi connectivity index (χ3n) is 6.37. The summed E-state index contributed by atoms with van der Waals surface area (Å²) in [5.74, 6) is 1.02. The van der Waals surface area contributed by atoms with E-state index in [-0.39, 0.29) is 5.54 Å². The summed E-state index contributed by atoms with van der Waals surface area (Å²) in [5.41, 5.74) is 3.00. The molecule has 0 amide bonds. The summed E-state index contributed by atoms with van der Waals surface area (Å²) < 4.78 is 5.82. The van der Waals surface area contributed by atoms with Crippen LogP contribution in [-0.2, 0) is 5.54 Å². The summed E-state index contributed by atoms with van der Waals surface area (Å²) in [5, 5.41) is 0. The third-order valence-corrected chi connectivity index (χ3v) is 6.37. The van der Waals surface area contributed by atoms with Crippen molar-refractivity contribution in [2.24, 2.45) is 0 Å². The van der Waals surface area contributed by atoms with Gasteiger partial charge in [0.2, 0.25) is 0 Å². The lowest BCUT2D eigenvalue weighted by atomic mass is 9.75. The Morgan fingerprint density at radius 2 is 1.59 bits per heavy atom. The predicted octanol–water partition coefficient (Wildman–Crippen LogP) is 5.07. The standard InChI is InChI=1S/C24H32N2O/c1-2-27-23-13-9-10-21(20-23)24(14-7-4-8-15-24)26-18-16-25(17-19-26)22-11-5-3-6-12-22/h3,5-6,9-13,20H,2,4,7-8,14-19H2,1H3. The second-order valence-corrected chi connectivity index (χ2v) is 7.86. The molecule has 1 heterocycles. The van der Waals surface area contributed by atoms with Crippen molar-refractivity contribution in [3.05, 3.63) is 60.2 Å². The lowest BCUT2D eigenvalue weighted by Crippen LogP contribution is -2.56. The van der Waals surface area contributed by atoms with Crippen molar-refractivity contribution in [3.8, 4) is 5.75 Å². The van der Waals surface area contributed by atoms with Crippen LogP contribution in [-0.4, -0.2) is 37.7 Å². The summed E-state index contributed by atoms with van der Waals surface area (Å²) in [7, 11) is 0. The Morgan fingerprint density at radius 3 is 2.30 bits per heavy atom. The van der Waals surface area contributed by atoms with Crippen LogP contribution in [0.25, 0.3) is 0 Å². The molecule has 0 aromatic heterocycles. The van der Waals surface area contributed by atoms with Gasteiger partial charge in [0.1, 0.15) is 5.75 Å². The van der Waals surface area contributed by atoms with Crippen molar-refractivity contribution in [2.75, 3.05) is 37.7 Å². The fourth-order valence-electron chi connectivity index (χ4n) is 5.00. The van der Waals surface area contributed by atoms with E-state index in [1.165, 1.54) is 43.4 Å². The zero-order valence-electron chi connectivity index (χ0n) is 16.6. The van der Waals surface area contributed by atoms with E-state index in [9.17, 15) is 0 Å². The van der Waals surface area contributed by atoms with Crippen molar-refractivity contribution in [3.63, 3.8) is 0 Å². The van der Waals surface area contributed by atoms with Gasteiger partial charge in [-0.15, -0.1) is 0 Å². The lowest BCUT2D eigenvalue weighted by Gasteiger charge is -2.50. The number of piperazine rings is 1. The summed E-state index contributed by atoms with van der Waals surface area (Å²) >= 11 is 0. The van der Waals surface area contributed by atoms with Crippen LogP contribution in [0.15, 0.2) is 54.6 Å². The molecule has 1 saturated carbocycles. The quantitative estimate of drug-likeness (QED) is 0.737. The molecule has 27 heavy (non-hydrogen) atoms. The number of rotatable bonds is 5. The molecule has 0 N–H and O–H groups in total. The van der Waals surface area contributed by atoms with E-state index in [1.54, 1.807) is 0 Å². The highest BCUT2D eigenvalue weighted by Gasteiger charge is 2.40. The zero-order chi connectivity index (χ0) is 18.5. The number of anilines is 1. The molecule has 144 valence electrons. The Bertz CT molecular complexity index is 716. The van der Waals surface area contributed by atoms with Gasteiger partial charge >= 0.3 is 0 Å². The molecule has 3 heteroatoms. The SMILES string of the molecule is CCOc1cccc(C2(N3CCN(c4ccccc4)CC3)CCCCC2)c1. The maximum absolute atomic E-state index is 5.82. The fraction of sp³-hybridized carbons (Fsp3) is 0.500. The van der Waals surface area contributed by atoms with Crippen LogP contribution in [0.1, 0.15) is 44.6 Å². The monoisotopic (exact) mass is 364 g/mol. The first kappa shape index (κ1) is 18.4. The van der Waals surface area contributed by atoms with Crippen LogP contribution in [0.5, 0.6) is 5.75 Å². The minimum atomic E-state index is 0.189. The number of hydrogen-bond acceptors (Lipinski definition) is 3. The van der Waals surface area contributed by atoms with E-state index in [0.29, 0.717) is 0 Å². The van der Waals surface area contributed by atoms with Gasteiger partial charge in [0.15, 0.2) is 0 Å². The molecule has 2 aliphatic rings. The fourth-order valence-corrected chi connectivity index (χ4v) is 5.00. The Labute approximate surface area is 163 Å². The molecule has 2 aromatic carbocycles. The maximum Gasteiger partial charge on any atom is 0.119 e. The summed E-state index contributed by atoms with van der Waals surface area (Å²) in [6.45, 7) is 7.27. The normalized spacial score (nSPS) is 20.4. The Kier molecular flexibility index (Phi) is 5.68. The minimum absolute atomic E-state index is 0.189. The van der Waals surface area contributed by atoms with Gasteiger partial charge in [0.25, 0.3) is 0 Å².